The smallest absolute Gasteiger partial charge is 0.227 e. The number of anilines is 1. The summed E-state index contributed by atoms with van der Waals surface area (Å²) in [4.78, 5) is 26.5. The highest BCUT2D eigenvalue weighted by Crippen LogP contribution is 2.38. The lowest BCUT2D eigenvalue weighted by Crippen LogP contribution is -2.33. The molecule has 1 saturated heterocycles. The van der Waals surface area contributed by atoms with Crippen molar-refractivity contribution in [2.75, 3.05) is 25.5 Å². The van der Waals surface area contributed by atoms with E-state index >= 15 is 0 Å². The predicted octanol–water partition coefficient (Wildman–Crippen LogP) is 4.37. The number of carbonyl (C=O) groups excluding carboxylic acids is 1. The quantitative estimate of drug-likeness (QED) is 0.587. The van der Waals surface area contributed by atoms with Crippen molar-refractivity contribution in [3.05, 3.63) is 58.2 Å². The van der Waals surface area contributed by atoms with Crippen molar-refractivity contribution < 1.29 is 9.32 Å². The van der Waals surface area contributed by atoms with Gasteiger partial charge < -0.3 is 14.3 Å². The number of aryl methyl sites for hydroxylation is 2. The number of halogens is 1. The van der Waals surface area contributed by atoms with Gasteiger partial charge in [-0.05, 0) is 44.4 Å². The van der Waals surface area contributed by atoms with Gasteiger partial charge in [0.1, 0.15) is 5.76 Å². The summed E-state index contributed by atoms with van der Waals surface area (Å²) in [6.45, 7) is 4.41. The lowest BCUT2D eigenvalue weighted by Gasteiger charge is -2.27. The molecule has 8 heteroatoms. The highest BCUT2D eigenvalue weighted by Gasteiger charge is 2.34. The molecular formula is C23H26ClN5O2. The van der Waals surface area contributed by atoms with Crippen molar-refractivity contribution in [1.29, 1.82) is 0 Å². The van der Waals surface area contributed by atoms with Crippen LogP contribution in [0.1, 0.15) is 41.6 Å². The number of hydrogen-bond acceptors (Lipinski definition) is 6. The number of carbonyl (C=O) groups is 1. The van der Waals surface area contributed by atoms with Crippen LogP contribution in [0.5, 0.6) is 0 Å². The Balaban J connectivity index is 1.72. The summed E-state index contributed by atoms with van der Waals surface area (Å²) in [7, 11) is 3.82. The van der Waals surface area contributed by atoms with Gasteiger partial charge in [0.05, 0.1) is 23.9 Å². The van der Waals surface area contributed by atoms with E-state index in [1.807, 2.05) is 68.2 Å². The second-order valence-corrected chi connectivity index (χ2v) is 8.53. The summed E-state index contributed by atoms with van der Waals surface area (Å²) < 4.78 is 5.24. The Morgan fingerprint density at radius 1 is 1.32 bits per heavy atom. The van der Waals surface area contributed by atoms with Gasteiger partial charge in [0.15, 0.2) is 0 Å². The molecule has 3 aromatic rings. The molecule has 1 aliphatic heterocycles. The van der Waals surface area contributed by atoms with Crippen molar-refractivity contribution in [2.24, 2.45) is 0 Å². The van der Waals surface area contributed by atoms with Crippen LogP contribution in [0.15, 0.2) is 35.0 Å². The Morgan fingerprint density at radius 3 is 2.81 bits per heavy atom. The van der Waals surface area contributed by atoms with Crippen LogP contribution < -0.4 is 4.90 Å². The number of amides is 1. The van der Waals surface area contributed by atoms with Gasteiger partial charge in [-0.3, -0.25) is 4.79 Å². The van der Waals surface area contributed by atoms with Gasteiger partial charge >= 0.3 is 0 Å². The zero-order valence-corrected chi connectivity index (χ0v) is 19.0. The molecule has 0 saturated carbocycles. The van der Waals surface area contributed by atoms with Crippen molar-refractivity contribution in [2.45, 2.75) is 39.2 Å². The van der Waals surface area contributed by atoms with E-state index in [0.29, 0.717) is 23.3 Å². The normalized spacial score (nSPS) is 16.0. The fourth-order valence-corrected chi connectivity index (χ4v) is 4.28. The Morgan fingerprint density at radius 2 is 2.13 bits per heavy atom. The molecule has 0 unspecified atom stereocenters. The minimum Gasteiger partial charge on any atom is -0.361 e. The first-order chi connectivity index (χ1) is 14.8. The number of hydrogen-bond donors (Lipinski definition) is 0. The molecule has 0 N–H and O–H groups in total. The van der Waals surface area contributed by atoms with Gasteiger partial charge in [-0.15, -0.1) is 0 Å². The van der Waals surface area contributed by atoms with Gasteiger partial charge in [0.25, 0.3) is 0 Å². The van der Waals surface area contributed by atoms with Gasteiger partial charge in [0.2, 0.25) is 11.9 Å². The second-order valence-electron chi connectivity index (χ2n) is 8.10. The molecule has 1 aliphatic rings. The maximum atomic E-state index is 13.3. The minimum atomic E-state index is -0.122. The fourth-order valence-electron chi connectivity index (χ4n) is 4.09. The molecule has 4 rings (SSSR count). The van der Waals surface area contributed by atoms with Gasteiger partial charge in [-0.1, -0.05) is 28.9 Å². The molecule has 0 radical (unpaired) electrons. The molecule has 0 spiro atoms. The van der Waals surface area contributed by atoms with E-state index in [0.717, 1.165) is 40.9 Å². The van der Waals surface area contributed by atoms with E-state index in [2.05, 4.69) is 10.1 Å². The molecule has 1 amide bonds. The first-order valence-corrected chi connectivity index (χ1v) is 10.7. The topological polar surface area (TPSA) is 75.4 Å². The average molecular weight is 440 g/mol. The van der Waals surface area contributed by atoms with Crippen LogP contribution in [-0.2, 0) is 11.2 Å². The van der Waals surface area contributed by atoms with Crippen molar-refractivity contribution in [3.63, 3.8) is 0 Å². The van der Waals surface area contributed by atoms with E-state index in [1.54, 1.807) is 0 Å². The molecule has 31 heavy (non-hydrogen) atoms. The SMILES string of the molecule is Cc1noc(C)c1CC(=O)N1CCC[C@H]1c1nc(N(C)C)ncc1-c1cccc(Cl)c1. The van der Waals surface area contributed by atoms with Crippen LogP contribution in [0.3, 0.4) is 0 Å². The van der Waals surface area contributed by atoms with E-state index in [9.17, 15) is 4.79 Å². The first-order valence-electron chi connectivity index (χ1n) is 10.4. The van der Waals surface area contributed by atoms with Gasteiger partial charge in [0, 0.05) is 43.0 Å². The predicted molar refractivity (Wildman–Crippen MR) is 120 cm³/mol. The molecule has 7 nitrogen and oxygen atoms in total. The summed E-state index contributed by atoms with van der Waals surface area (Å²) in [6, 6.07) is 7.53. The zero-order chi connectivity index (χ0) is 22.1. The third-order valence-electron chi connectivity index (χ3n) is 5.74. The summed E-state index contributed by atoms with van der Waals surface area (Å²) in [5, 5.41) is 4.63. The summed E-state index contributed by atoms with van der Waals surface area (Å²) in [6.07, 6.45) is 3.88. The third-order valence-corrected chi connectivity index (χ3v) is 5.97. The number of rotatable bonds is 5. The molecule has 2 aromatic heterocycles. The zero-order valence-electron chi connectivity index (χ0n) is 18.2. The van der Waals surface area contributed by atoms with Crippen LogP contribution in [0, 0.1) is 13.8 Å². The van der Waals surface area contributed by atoms with Crippen molar-refractivity contribution in [3.8, 4) is 11.1 Å². The molecule has 1 aromatic carbocycles. The van der Waals surface area contributed by atoms with Crippen molar-refractivity contribution >= 4 is 23.5 Å². The molecular weight excluding hydrogens is 414 g/mol. The number of likely N-dealkylation sites (tertiary alicyclic amines) is 1. The highest BCUT2D eigenvalue weighted by molar-refractivity contribution is 6.30. The van der Waals surface area contributed by atoms with Crippen LogP contribution in [0.4, 0.5) is 5.95 Å². The molecule has 162 valence electrons. The summed E-state index contributed by atoms with van der Waals surface area (Å²) in [5.74, 6) is 1.36. The molecule has 3 heterocycles. The number of benzene rings is 1. The highest BCUT2D eigenvalue weighted by atomic mass is 35.5. The summed E-state index contributed by atoms with van der Waals surface area (Å²) in [5.41, 5.74) is 4.32. The van der Waals surface area contributed by atoms with Gasteiger partial charge in [-0.25, -0.2) is 9.97 Å². The van der Waals surface area contributed by atoms with E-state index < -0.39 is 0 Å². The molecule has 1 atom stereocenters. The minimum absolute atomic E-state index is 0.0546. The maximum Gasteiger partial charge on any atom is 0.227 e. The van der Waals surface area contributed by atoms with E-state index in [-0.39, 0.29) is 18.4 Å². The Bertz CT molecular complexity index is 1090. The molecule has 1 fully saturated rings. The Kier molecular flexibility index (Phi) is 5.96. The lowest BCUT2D eigenvalue weighted by atomic mass is 9.99. The summed E-state index contributed by atoms with van der Waals surface area (Å²) >= 11 is 6.25. The van der Waals surface area contributed by atoms with Crippen LogP contribution >= 0.6 is 11.6 Å². The largest absolute Gasteiger partial charge is 0.361 e. The number of aromatic nitrogens is 3. The standard InChI is InChI=1S/C23H26ClN5O2/c1-14-18(15(2)31-27-14)12-21(30)29-10-6-9-20(29)22-19(13-25-23(26-22)28(3)4)16-7-5-8-17(24)11-16/h5,7-8,11,13,20H,6,9-10,12H2,1-4H3/t20-/m0/s1. The molecule has 0 bridgehead atoms. The third kappa shape index (κ3) is 4.28. The lowest BCUT2D eigenvalue weighted by molar-refractivity contribution is -0.131. The second kappa shape index (κ2) is 8.67. The first kappa shape index (κ1) is 21.3. The van der Waals surface area contributed by atoms with Crippen molar-refractivity contribution in [1.82, 2.24) is 20.0 Å². The van der Waals surface area contributed by atoms with Crippen LogP contribution in [0.2, 0.25) is 5.02 Å². The van der Waals surface area contributed by atoms with Crippen LogP contribution in [-0.4, -0.2) is 46.6 Å². The average Bonchev–Trinajstić information content (AvgIpc) is 3.36. The fraction of sp³-hybridized carbons (Fsp3) is 0.391. The van der Waals surface area contributed by atoms with E-state index in [1.165, 1.54) is 0 Å². The number of nitrogens with zero attached hydrogens (tertiary/aromatic N) is 5. The van der Waals surface area contributed by atoms with Gasteiger partial charge in [-0.2, -0.15) is 0 Å². The van der Waals surface area contributed by atoms with Crippen LogP contribution in [0.25, 0.3) is 11.1 Å². The molecule has 0 aliphatic carbocycles. The Labute approximate surface area is 187 Å². The Hall–Kier alpha value is -2.93. The maximum absolute atomic E-state index is 13.3. The van der Waals surface area contributed by atoms with E-state index in [4.69, 9.17) is 21.1 Å². The monoisotopic (exact) mass is 439 g/mol.